The van der Waals surface area contributed by atoms with Gasteiger partial charge in [-0.15, -0.1) is 0 Å². The number of amides is 1. The Hall–Kier alpha value is -1.89. The molecule has 1 aromatic heterocycles. The summed E-state index contributed by atoms with van der Waals surface area (Å²) in [7, 11) is 0. The average molecular weight is 376 g/mol. The maximum absolute atomic E-state index is 11.9. The molecule has 0 spiro atoms. The highest BCUT2D eigenvalue weighted by molar-refractivity contribution is 5.67. The van der Waals surface area contributed by atoms with E-state index in [2.05, 4.69) is 21.7 Å². The van der Waals surface area contributed by atoms with Gasteiger partial charge in [-0.05, 0) is 33.1 Å². The van der Waals surface area contributed by atoms with Gasteiger partial charge in [-0.1, -0.05) is 13.3 Å². The van der Waals surface area contributed by atoms with E-state index in [4.69, 9.17) is 9.72 Å². The fraction of sp³-hybridized carbons (Fsp3) is 0.750. The molecule has 0 radical (unpaired) electrons. The molecular formula is C20H33N5O2. The predicted octanol–water partition coefficient (Wildman–Crippen LogP) is 2.48. The van der Waals surface area contributed by atoms with Gasteiger partial charge in [0.05, 0.1) is 6.61 Å². The van der Waals surface area contributed by atoms with E-state index in [1.165, 1.54) is 18.4 Å². The zero-order chi connectivity index (χ0) is 19.2. The topological polar surface area (TPSA) is 61.8 Å². The van der Waals surface area contributed by atoms with Crippen LogP contribution in [0.1, 0.15) is 44.5 Å². The quantitative estimate of drug-likeness (QED) is 0.788. The molecule has 1 amide bonds. The van der Waals surface area contributed by atoms with Crippen molar-refractivity contribution in [3.8, 4) is 0 Å². The maximum atomic E-state index is 11.9. The zero-order valence-corrected chi connectivity index (χ0v) is 17.0. The fourth-order valence-corrected chi connectivity index (χ4v) is 4.13. The summed E-state index contributed by atoms with van der Waals surface area (Å²) in [4.78, 5) is 27.9. The van der Waals surface area contributed by atoms with E-state index >= 15 is 0 Å². The first-order valence-electron chi connectivity index (χ1n) is 10.4. The van der Waals surface area contributed by atoms with Gasteiger partial charge in [0.15, 0.2) is 0 Å². The molecule has 3 rings (SSSR count). The Kier molecular flexibility index (Phi) is 6.88. The van der Waals surface area contributed by atoms with Crippen molar-refractivity contribution in [2.75, 3.05) is 50.8 Å². The minimum Gasteiger partial charge on any atom is -0.450 e. The van der Waals surface area contributed by atoms with Crippen LogP contribution in [0.25, 0.3) is 0 Å². The molecule has 2 fully saturated rings. The lowest BCUT2D eigenvalue weighted by Gasteiger charge is -2.43. The second-order valence-electron chi connectivity index (χ2n) is 7.48. The molecule has 7 nitrogen and oxygen atoms in total. The maximum Gasteiger partial charge on any atom is 0.409 e. The van der Waals surface area contributed by atoms with Gasteiger partial charge in [-0.3, -0.25) is 4.90 Å². The average Bonchev–Trinajstić information content (AvgIpc) is 2.70. The third kappa shape index (κ3) is 4.89. The number of carbonyl (C=O) groups excluding carboxylic acids is 1. The number of rotatable bonds is 5. The van der Waals surface area contributed by atoms with Gasteiger partial charge in [0.2, 0.25) is 0 Å². The minimum absolute atomic E-state index is 0.178. The van der Waals surface area contributed by atoms with E-state index in [0.29, 0.717) is 12.6 Å². The summed E-state index contributed by atoms with van der Waals surface area (Å²) in [6, 6.07) is 0.521. The number of piperidine rings is 1. The van der Waals surface area contributed by atoms with E-state index in [1.807, 2.05) is 24.9 Å². The molecule has 2 aliphatic heterocycles. The van der Waals surface area contributed by atoms with Crippen LogP contribution >= 0.6 is 0 Å². The van der Waals surface area contributed by atoms with Gasteiger partial charge in [-0.25, -0.2) is 14.8 Å². The van der Waals surface area contributed by atoms with Gasteiger partial charge in [0.25, 0.3) is 0 Å². The molecule has 150 valence electrons. The number of piperazine rings is 1. The van der Waals surface area contributed by atoms with Crippen molar-refractivity contribution in [3.63, 3.8) is 0 Å². The lowest BCUT2D eigenvalue weighted by Crippen LogP contribution is -2.56. The largest absolute Gasteiger partial charge is 0.450 e. The number of aromatic nitrogens is 2. The summed E-state index contributed by atoms with van der Waals surface area (Å²) < 4.78 is 5.13. The summed E-state index contributed by atoms with van der Waals surface area (Å²) in [5.74, 6) is 1.97. The van der Waals surface area contributed by atoms with E-state index in [0.717, 1.165) is 63.8 Å². The lowest BCUT2D eigenvalue weighted by atomic mass is 10.0. The third-order valence-corrected chi connectivity index (χ3v) is 5.53. The number of hydrogen-bond donors (Lipinski definition) is 0. The second-order valence-corrected chi connectivity index (χ2v) is 7.48. The Balaban J connectivity index is 1.62. The molecule has 2 saturated heterocycles. The van der Waals surface area contributed by atoms with Gasteiger partial charge in [0, 0.05) is 57.1 Å². The summed E-state index contributed by atoms with van der Waals surface area (Å²) in [6.45, 7) is 11.9. The molecule has 0 aliphatic carbocycles. The van der Waals surface area contributed by atoms with E-state index in [1.54, 1.807) is 0 Å². The first-order valence-corrected chi connectivity index (χ1v) is 10.4. The van der Waals surface area contributed by atoms with Crippen molar-refractivity contribution in [1.82, 2.24) is 19.8 Å². The van der Waals surface area contributed by atoms with Crippen LogP contribution < -0.4 is 4.90 Å². The van der Waals surface area contributed by atoms with Crippen LogP contribution in [-0.2, 0) is 11.2 Å². The highest BCUT2D eigenvalue weighted by Gasteiger charge is 2.30. The van der Waals surface area contributed by atoms with Crippen LogP contribution in [0.2, 0.25) is 0 Å². The number of aryl methyl sites for hydroxylation is 2. The minimum atomic E-state index is -0.178. The van der Waals surface area contributed by atoms with Crippen LogP contribution in [0.3, 0.4) is 0 Å². The monoisotopic (exact) mass is 375 g/mol. The van der Waals surface area contributed by atoms with Crippen molar-refractivity contribution < 1.29 is 9.53 Å². The van der Waals surface area contributed by atoms with Crippen molar-refractivity contribution in [3.05, 3.63) is 17.6 Å². The standard InChI is InChI=1S/C20H33N5O2/c1-4-7-17-14-21-16(3)22-19(17)25-9-6-8-18(15-25)23-10-12-24(13-11-23)20(26)27-5-2/h14,18H,4-13,15H2,1-3H3/t18-/m1/s1. The van der Waals surface area contributed by atoms with Crippen molar-refractivity contribution in [2.24, 2.45) is 0 Å². The summed E-state index contributed by atoms with van der Waals surface area (Å²) in [6.07, 6.45) is 6.34. The van der Waals surface area contributed by atoms with Crippen LogP contribution in [0, 0.1) is 6.92 Å². The normalized spacial score (nSPS) is 21.4. The molecule has 0 unspecified atom stereocenters. The second kappa shape index (κ2) is 9.35. The Bertz CT molecular complexity index is 631. The SMILES string of the molecule is CCCc1cnc(C)nc1N1CCC[C@@H](N2CCN(C(=O)OCC)CC2)C1. The van der Waals surface area contributed by atoms with Gasteiger partial charge in [-0.2, -0.15) is 0 Å². The molecule has 3 heterocycles. The first kappa shape index (κ1) is 19.9. The molecule has 1 aromatic rings. The molecule has 0 saturated carbocycles. The molecule has 2 aliphatic rings. The molecule has 0 bridgehead atoms. The number of anilines is 1. The highest BCUT2D eigenvalue weighted by atomic mass is 16.6. The van der Waals surface area contributed by atoms with Crippen molar-refractivity contribution >= 4 is 11.9 Å². The van der Waals surface area contributed by atoms with Gasteiger partial charge in [0.1, 0.15) is 11.6 Å². The number of carbonyl (C=O) groups is 1. The number of nitrogens with zero attached hydrogens (tertiary/aromatic N) is 5. The summed E-state index contributed by atoms with van der Waals surface area (Å²) >= 11 is 0. The van der Waals surface area contributed by atoms with Gasteiger partial charge < -0.3 is 14.5 Å². The third-order valence-electron chi connectivity index (χ3n) is 5.53. The molecule has 0 N–H and O–H groups in total. The zero-order valence-electron chi connectivity index (χ0n) is 17.0. The van der Waals surface area contributed by atoms with Crippen molar-refractivity contribution in [2.45, 2.75) is 52.5 Å². The smallest absolute Gasteiger partial charge is 0.409 e. The van der Waals surface area contributed by atoms with Gasteiger partial charge >= 0.3 is 6.09 Å². The molecule has 1 atom stereocenters. The predicted molar refractivity (Wildman–Crippen MR) is 106 cm³/mol. The number of ether oxygens (including phenoxy) is 1. The summed E-state index contributed by atoms with van der Waals surface area (Å²) in [5, 5.41) is 0. The lowest BCUT2D eigenvalue weighted by molar-refractivity contribution is 0.0629. The fourth-order valence-electron chi connectivity index (χ4n) is 4.13. The Morgan fingerprint density at radius 1 is 1.22 bits per heavy atom. The Labute approximate surface area is 162 Å². The Morgan fingerprint density at radius 3 is 2.70 bits per heavy atom. The van der Waals surface area contributed by atoms with E-state index in [-0.39, 0.29) is 6.09 Å². The van der Waals surface area contributed by atoms with Crippen LogP contribution in [0.15, 0.2) is 6.20 Å². The Morgan fingerprint density at radius 2 is 2.00 bits per heavy atom. The van der Waals surface area contributed by atoms with Crippen LogP contribution in [-0.4, -0.2) is 77.8 Å². The highest BCUT2D eigenvalue weighted by Crippen LogP contribution is 2.25. The number of hydrogen-bond acceptors (Lipinski definition) is 6. The van der Waals surface area contributed by atoms with Crippen LogP contribution in [0.4, 0.5) is 10.6 Å². The molecule has 0 aromatic carbocycles. The van der Waals surface area contributed by atoms with Crippen LogP contribution in [0.5, 0.6) is 0 Å². The van der Waals surface area contributed by atoms with Crippen molar-refractivity contribution in [1.29, 1.82) is 0 Å². The summed E-state index contributed by atoms with van der Waals surface area (Å²) in [5.41, 5.74) is 1.26. The molecule has 7 heteroatoms. The molecular weight excluding hydrogens is 342 g/mol. The molecule has 27 heavy (non-hydrogen) atoms. The van der Waals surface area contributed by atoms with E-state index < -0.39 is 0 Å². The first-order chi connectivity index (χ1) is 13.1. The van der Waals surface area contributed by atoms with E-state index in [9.17, 15) is 4.79 Å².